The summed E-state index contributed by atoms with van der Waals surface area (Å²) in [6.07, 6.45) is 12.6. The third-order valence-corrected chi connectivity index (χ3v) is 8.74. The van der Waals surface area contributed by atoms with Crippen LogP contribution in [-0.2, 0) is 29.4 Å². The van der Waals surface area contributed by atoms with Gasteiger partial charge < -0.3 is 4.90 Å². The van der Waals surface area contributed by atoms with Crippen LogP contribution >= 0.6 is 0 Å². The number of rotatable bonds is 3. The Balaban J connectivity index is 1.49. The molecule has 8 heteroatoms. The van der Waals surface area contributed by atoms with E-state index in [1.807, 2.05) is 20.0 Å². The highest BCUT2D eigenvalue weighted by Crippen LogP contribution is 2.41. The van der Waals surface area contributed by atoms with E-state index in [2.05, 4.69) is 40.0 Å². The average Bonchev–Trinajstić information content (AvgIpc) is 3.20. The molecule has 4 heterocycles. The molecule has 0 spiro atoms. The van der Waals surface area contributed by atoms with E-state index in [-0.39, 0.29) is 5.92 Å². The summed E-state index contributed by atoms with van der Waals surface area (Å²) in [5, 5.41) is 0. The SMILES string of the molecule is C[C@@H]1Cc2ncnc(C3CCN(S(C)(=O)=O)C(C)(C)C3)c2CN1c1ccnc2c1C=CC2. The lowest BCUT2D eigenvalue weighted by atomic mass is 9.80. The quantitative estimate of drug-likeness (QED) is 0.709. The fourth-order valence-corrected chi connectivity index (χ4v) is 7.23. The zero-order chi connectivity index (χ0) is 22.7. The second-order valence-corrected chi connectivity index (χ2v) is 11.9. The average molecular weight is 454 g/mol. The smallest absolute Gasteiger partial charge is 0.211 e. The van der Waals surface area contributed by atoms with Gasteiger partial charge in [-0.05, 0) is 39.7 Å². The standard InChI is InChI=1S/C24H31N5O2S/c1-16-12-21-19(14-28(16)22-8-10-25-20-7-5-6-18(20)22)23(27-15-26-21)17-9-11-29(32(4,30)31)24(2,3)13-17/h5-6,8,10,15-17H,7,9,11-14H2,1-4H3/t16-,17?/m1/s1. The lowest BCUT2D eigenvalue weighted by Crippen LogP contribution is -2.52. The highest BCUT2D eigenvalue weighted by molar-refractivity contribution is 7.88. The van der Waals surface area contributed by atoms with E-state index in [0.717, 1.165) is 49.3 Å². The van der Waals surface area contributed by atoms with Crippen LogP contribution in [-0.4, -0.2) is 52.1 Å². The predicted octanol–water partition coefficient (Wildman–Crippen LogP) is 3.31. The second kappa shape index (κ2) is 7.63. The fourth-order valence-electron chi connectivity index (χ4n) is 5.82. The molecule has 0 N–H and O–H groups in total. The normalized spacial score (nSPS) is 24.9. The van der Waals surface area contributed by atoms with Crippen molar-refractivity contribution in [1.29, 1.82) is 0 Å². The third kappa shape index (κ3) is 3.63. The molecule has 170 valence electrons. The zero-order valence-electron chi connectivity index (χ0n) is 19.2. The number of pyridine rings is 1. The Labute approximate surface area is 190 Å². The summed E-state index contributed by atoms with van der Waals surface area (Å²) < 4.78 is 26.2. The first-order valence-electron chi connectivity index (χ1n) is 11.4. The summed E-state index contributed by atoms with van der Waals surface area (Å²) in [5.41, 5.74) is 6.59. The maximum absolute atomic E-state index is 12.3. The molecule has 0 radical (unpaired) electrons. The highest BCUT2D eigenvalue weighted by atomic mass is 32.2. The predicted molar refractivity (Wildman–Crippen MR) is 126 cm³/mol. The lowest BCUT2D eigenvalue weighted by molar-refractivity contribution is 0.152. The number of fused-ring (bicyclic) bond motifs is 2. The van der Waals surface area contributed by atoms with E-state index in [9.17, 15) is 8.42 Å². The topological polar surface area (TPSA) is 79.3 Å². The van der Waals surface area contributed by atoms with Crippen LogP contribution in [0.2, 0.25) is 0 Å². The molecule has 32 heavy (non-hydrogen) atoms. The lowest BCUT2D eigenvalue weighted by Gasteiger charge is -2.45. The molecular weight excluding hydrogens is 422 g/mol. The molecule has 5 rings (SSSR count). The minimum Gasteiger partial charge on any atom is -0.363 e. The molecule has 2 aromatic rings. The van der Waals surface area contributed by atoms with Crippen molar-refractivity contribution in [3.05, 3.63) is 52.9 Å². The van der Waals surface area contributed by atoms with Gasteiger partial charge >= 0.3 is 0 Å². The van der Waals surface area contributed by atoms with Crippen molar-refractivity contribution in [3.63, 3.8) is 0 Å². The van der Waals surface area contributed by atoms with Crippen LogP contribution < -0.4 is 4.90 Å². The number of allylic oxidation sites excluding steroid dienone is 1. The molecule has 7 nitrogen and oxygen atoms in total. The van der Waals surface area contributed by atoms with Crippen LogP contribution in [0.3, 0.4) is 0 Å². The molecule has 2 aromatic heterocycles. The van der Waals surface area contributed by atoms with E-state index >= 15 is 0 Å². The molecule has 2 aliphatic heterocycles. The van der Waals surface area contributed by atoms with Gasteiger partial charge in [-0.3, -0.25) is 4.98 Å². The number of aromatic nitrogens is 3. The molecule has 0 aromatic carbocycles. The van der Waals surface area contributed by atoms with E-state index in [1.165, 1.54) is 23.1 Å². The van der Waals surface area contributed by atoms with E-state index in [0.29, 0.717) is 12.6 Å². The monoisotopic (exact) mass is 453 g/mol. The molecule has 0 bridgehead atoms. The Bertz CT molecular complexity index is 1190. The van der Waals surface area contributed by atoms with E-state index in [4.69, 9.17) is 4.98 Å². The van der Waals surface area contributed by atoms with Gasteiger partial charge in [0.05, 0.1) is 23.3 Å². The first-order chi connectivity index (χ1) is 15.1. The first-order valence-corrected chi connectivity index (χ1v) is 13.2. The summed E-state index contributed by atoms with van der Waals surface area (Å²) in [4.78, 5) is 16.4. The van der Waals surface area contributed by atoms with Gasteiger partial charge in [-0.2, -0.15) is 4.31 Å². The number of hydrogen-bond acceptors (Lipinski definition) is 6. The zero-order valence-corrected chi connectivity index (χ0v) is 20.1. The van der Waals surface area contributed by atoms with Gasteiger partial charge in [-0.15, -0.1) is 0 Å². The van der Waals surface area contributed by atoms with Gasteiger partial charge in [0.15, 0.2) is 0 Å². The largest absolute Gasteiger partial charge is 0.363 e. The van der Waals surface area contributed by atoms with Crippen LogP contribution in [0.5, 0.6) is 0 Å². The van der Waals surface area contributed by atoms with Gasteiger partial charge in [-0.1, -0.05) is 12.2 Å². The number of anilines is 1. The number of piperidine rings is 1. The Kier molecular flexibility index (Phi) is 5.13. The maximum atomic E-state index is 12.3. The van der Waals surface area contributed by atoms with Gasteiger partial charge in [-0.25, -0.2) is 18.4 Å². The van der Waals surface area contributed by atoms with Crippen molar-refractivity contribution in [2.75, 3.05) is 17.7 Å². The van der Waals surface area contributed by atoms with Crippen LogP contribution in [0.4, 0.5) is 5.69 Å². The number of nitrogens with zero attached hydrogens (tertiary/aromatic N) is 5. The summed E-state index contributed by atoms with van der Waals surface area (Å²) in [7, 11) is -3.23. The summed E-state index contributed by atoms with van der Waals surface area (Å²) >= 11 is 0. The van der Waals surface area contributed by atoms with E-state index < -0.39 is 15.6 Å². The minimum absolute atomic E-state index is 0.220. The Morgan fingerprint density at radius 1 is 1.16 bits per heavy atom. The van der Waals surface area contributed by atoms with Crippen LogP contribution in [0.25, 0.3) is 6.08 Å². The summed E-state index contributed by atoms with van der Waals surface area (Å²) in [5.74, 6) is 0.220. The van der Waals surface area contributed by atoms with Crippen molar-refractivity contribution in [3.8, 4) is 0 Å². The van der Waals surface area contributed by atoms with Crippen molar-refractivity contribution in [2.45, 2.75) is 70.5 Å². The van der Waals surface area contributed by atoms with Crippen molar-refractivity contribution < 1.29 is 8.42 Å². The number of hydrogen-bond donors (Lipinski definition) is 0. The Morgan fingerprint density at radius 3 is 2.72 bits per heavy atom. The first kappa shape index (κ1) is 21.5. The maximum Gasteiger partial charge on any atom is 0.211 e. The van der Waals surface area contributed by atoms with E-state index in [1.54, 1.807) is 10.6 Å². The van der Waals surface area contributed by atoms with Gasteiger partial charge in [0.2, 0.25) is 10.0 Å². The summed E-state index contributed by atoms with van der Waals surface area (Å²) in [6.45, 7) is 7.59. The third-order valence-electron chi connectivity index (χ3n) is 7.26. The molecule has 1 unspecified atom stereocenters. The molecule has 3 aliphatic rings. The summed E-state index contributed by atoms with van der Waals surface area (Å²) in [6, 6.07) is 2.45. The van der Waals surface area contributed by atoms with Gasteiger partial charge in [0, 0.05) is 66.4 Å². The highest BCUT2D eigenvalue weighted by Gasteiger charge is 2.42. The Morgan fingerprint density at radius 2 is 1.97 bits per heavy atom. The van der Waals surface area contributed by atoms with Crippen molar-refractivity contribution in [1.82, 2.24) is 19.3 Å². The van der Waals surface area contributed by atoms with Crippen LogP contribution in [0, 0.1) is 0 Å². The molecule has 0 amide bonds. The van der Waals surface area contributed by atoms with Crippen LogP contribution in [0.15, 0.2) is 24.7 Å². The fraction of sp³-hybridized carbons (Fsp3) is 0.542. The minimum atomic E-state index is -3.23. The second-order valence-electron chi connectivity index (χ2n) is 10.00. The van der Waals surface area contributed by atoms with Crippen LogP contribution in [0.1, 0.15) is 67.7 Å². The van der Waals surface area contributed by atoms with Gasteiger partial charge in [0.1, 0.15) is 6.33 Å². The molecular formula is C24H31N5O2S. The van der Waals surface area contributed by atoms with Crippen molar-refractivity contribution in [2.24, 2.45) is 0 Å². The van der Waals surface area contributed by atoms with Crippen molar-refractivity contribution >= 4 is 21.8 Å². The van der Waals surface area contributed by atoms with Gasteiger partial charge in [0.25, 0.3) is 0 Å². The molecule has 2 atom stereocenters. The molecule has 1 saturated heterocycles. The molecule has 1 aliphatic carbocycles. The Hall–Kier alpha value is -2.32. The molecule has 1 fully saturated rings. The number of sulfonamides is 1. The molecule has 0 saturated carbocycles.